The Bertz CT molecular complexity index is 574. The lowest BCUT2D eigenvalue weighted by Crippen LogP contribution is -2.22. The van der Waals surface area contributed by atoms with E-state index in [1.165, 1.54) is 5.52 Å². The van der Waals surface area contributed by atoms with E-state index >= 15 is 0 Å². The molecule has 0 saturated heterocycles. The van der Waals surface area contributed by atoms with Crippen LogP contribution < -0.4 is 10.1 Å². The molecular formula is C16H25N3O. The summed E-state index contributed by atoms with van der Waals surface area (Å²) >= 11 is 0. The number of nitrogens with one attached hydrogen (secondary N) is 1. The Morgan fingerprint density at radius 1 is 1.30 bits per heavy atom. The molecule has 0 amide bonds. The summed E-state index contributed by atoms with van der Waals surface area (Å²) in [5.41, 5.74) is 2.19. The zero-order valence-corrected chi connectivity index (χ0v) is 13.1. The number of ether oxygens (including phenoxy) is 1. The van der Waals surface area contributed by atoms with Crippen LogP contribution in [-0.2, 0) is 0 Å². The van der Waals surface area contributed by atoms with Gasteiger partial charge in [-0.15, -0.1) is 0 Å². The average Bonchev–Trinajstić information content (AvgIpc) is 2.82. The van der Waals surface area contributed by atoms with Gasteiger partial charge in [0, 0.05) is 24.6 Å². The number of methoxy groups -OCH3 is 1. The number of hydrogen-bond donors (Lipinski definition) is 1. The fraction of sp³-hybridized carbons (Fsp3) is 0.562. The van der Waals surface area contributed by atoms with Crippen LogP contribution in [0.4, 0.5) is 0 Å². The summed E-state index contributed by atoms with van der Waals surface area (Å²) in [4.78, 5) is 4.84. The smallest absolute Gasteiger partial charge is 0.121 e. The SMILES string of the molecule is CCNCC(C)c1nc2cc(OC)ccc2n1C(C)C. The molecular weight excluding hydrogens is 250 g/mol. The zero-order valence-electron chi connectivity index (χ0n) is 13.1. The lowest BCUT2D eigenvalue weighted by molar-refractivity contribution is 0.415. The standard InChI is InChI=1S/C16H25N3O/c1-6-17-10-12(4)16-18-14-9-13(20-5)7-8-15(14)19(16)11(2)3/h7-9,11-12,17H,6,10H2,1-5H3. The molecule has 0 spiro atoms. The molecule has 0 fully saturated rings. The highest BCUT2D eigenvalue weighted by molar-refractivity contribution is 5.78. The van der Waals surface area contributed by atoms with Crippen LogP contribution in [0.1, 0.15) is 45.5 Å². The Balaban J connectivity index is 2.49. The van der Waals surface area contributed by atoms with E-state index in [0.29, 0.717) is 12.0 Å². The Morgan fingerprint density at radius 2 is 2.05 bits per heavy atom. The molecule has 4 nitrogen and oxygen atoms in total. The number of hydrogen-bond acceptors (Lipinski definition) is 3. The van der Waals surface area contributed by atoms with Gasteiger partial charge in [-0.25, -0.2) is 4.98 Å². The molecule has 4 heteroatoms. The van der Waals surface area contributed by atoms with E-state index in [9.17, 15) is 0 Å². The van der Waals surface area contributed by atoms with Crippen molar-refractivity contribution in [1.82, 2.24) is 14.9 Å². The van der Waals surface area contributed by atoms with Crippen molar-refractivity contribution in [3.63, 3.8) is 0 Å². The van der Waals surface area contributed by atoms with Gasteiger partial charge < -0.3 is 14.6 Å². The Hall–Kier alpha value is -1.55. The number of rotatable bonds is 6. The van der Waals surface area contributed by atoms with E-state index in [0.717, 1.165) is 30.2 Å². The second kappa shape index (κ2) is 6.27. The number of fused-ring (bicyclic) bond motifs is 1. The molecule has 0 aliphatic carbocycles. The molecule has 0 bridgehead atoms. The summed E-state index contributed by atoms with van der Waals surface area (Å²) in [7, 11) is 1.69. The van der Waals surface area contributed by atoms with Gasteiger partial charge in [-0.3, -0.25) is 0 Å². The van der Waals surface area contributed by atoms with Crippen molar-refractivity contribution in [2.45, 2.75) is 39.7 Å². The topological polar surface area (TPSA) is 39.1 Å². The van der Waals surface area contributed by atoms with E-state index in [1.54, 1.807) is 7.11 Å². The minimum atomic E-state index is 0.385. The third-order valence-electron chi connectivity index (χ3n) is 3.58. The Labute approximate surface area is 121 Å². The Kier molecular flexibility index (Phi) is 4.65. The van der Waals surface area contributed by atoms with Crippen LogP contribution in [0.3, 0.4) is 0 Å². The molecule has 0 aliphatic heterocycles. The maximum absolute atomic E-state index is 5.30. The van der Waals surface area contributed by atoms with Crippen LogP contribution in [0.2, 0.25) is 0 Å². The summed E-state index contributed by atoms with van der Waals surface area (Å²) < 4.78 is 7.63. The number of likely N-dealkylation sites (N-methyl/N-ethyl adjacent to an activating group) is 1. The van der Waals surface area contributed by atoms with Crippen molar-refractivity contribution in [3.05, 3.63) is 24.0 Å². The van der Waals surface area contributed by atoms with Gasteiger partial charge in [-0.2, -0.15) is 0 Å². The first-order valence-electron chi connectivity index (χ1n) is 7.35. The van der Waals surface area contributed by atoms with Crippen molar-refractivity contribution < 1.29 is 4.74 Å². The highest BCUT2D eigenvalue weighted by Gasteiger charge is 2.18. The van der Waals surface area contributed by atoms with Crippen molar-refractivity contribution in [2.24, 2.45) is 0 Å². The fourth-order valence-corrected chi connectivity index (χ4v) is 2.57. The molecule has 2 rings (SSSR count). The predicted molar refractivity (Wildman–Crippen MR) is 83.6 cm³/mol. The second-order valence-electron chi connectivity index (χ2n) is 5.50. The molecule has 1 unspecified atom stereocenters. The lowest BCUT2D eigenvalue weighted by Gasteiger charge is -2.17. The van der Waals surface area contributed by atoms with Crippen LogP contribution in [0, 0.1) is 0 Å². The molecule has 0 radical (unpaired) electrons. The molecule has 1 N–H and O–H groups in total. The minimum Gasteiger partial charge on any atom is -0.497 e. The van der Waals surface area contributed by atoms with Gasteiger partial charge in [0.15, 0.2) is 0 Å². The van der Waals surface area contributed by atoms with Gasteiger partial charge in [0.2, 0.25) is 0 Å². The van der Waals surface area contributed by atoms with Gasteiger partial charge in [0.25, 0.3) is 0 Å². The summed E-state index contributed by atoms with van der Waals surface area (Å²) in [6.07, 6.45) is 0. The van der Waals surface area contributed by atoms with Crippen LogP contribution >= 0.6 is 0 Å². The van der Waals surface area contributed by atoms with Crippen molar-refractivity contribution in [3.8, 4) is 5.75 Å². The first-order valence-corrected chi connectivity index (χ1v) is 7.35. The van der Waals surface area contributed by atoms with Gasteiger partial charge in [-0.05, 0) is 32.5 Å². The van der Waals surface area contributed by atoms with E-state index in [2.05, 4.69) is 43.6 Å². The Morgan fingerprint density at radius 3 is 2.65 bits per heavy atom. The molecule has 2 aromatic rings. The summed E-state index contributed by atoms with van der Waals surface area (Å²) in [5, 5.41) is 3.40. The van der Waals surface area contributed by atoms with Crippen molar-refractivity contribution in [2.75, 3.05) is 20.2 Å². The van der Waals surface area contributed by atoms with Crippen LogP contribution in [0.5, 0.6) is 5.75 Å². The van der Waals surface area contributed by atoms with Gasteiger partial charge in [0.1, 0.15) is 11.6 Å². The van der Waals surface area contributed by atoms with Crippen LogP contribution in [-0.4, -0.2) is 29.8 Å². The number of imidazole rings is 1. The first kappa shape index (κ1) is 14.9. The normalized spacial score (nSPS) is 13.1. The third-order valence-corrected chi connectivity index (χ3v) is 3.58. The average molecular weight is 275 g/mol. The summed E-state index contributed by atoms with van der Waals surface area (Å²) in [6.45, 7) is 10.7. The number of nitrogens with zero attached hydrogens (tertiary/aromatic N) is 2. The maximum Gasteiger partial charge on any atom is 0.121 e. The highest BCUT2D eigenvalue weighted by atomic mass is 16.5. The largest absolute Gasteiger partial charge is 0.497 e. The van der Waals surface area contributed by atoms with Crippen LogP contribution in [0.25, 0.3) is 11.0 Å². The van der Waals surface area contributed by atoms with E-state index in [4.69, 9.17) is 9.72 Å². The van der Waals surface area contributed by atoms with E-state index in [1.807, 2.05) is 12.1 Å². The number of benzene rings is 1. The molecule has 1 heterocycles. The van der Waals surface area contributed by atoms with Crippen molar-refractivity contribution >= 4 is 11.0 Å². The maximum atomic E-state index is 5.30. The molecule has 1 aromatic carbocycles. The van der Waals surface area contributed by atoms with Gasteiger partial charge in [0.05, 0.1) is 18.1 Å². The van der Waals surface area contributed by atoms with Crippen LogP contribution in [0.15, 0.2) is 18.2 Å². The quantitative estimate of drug-likeness (QED) is 0.879. The predicted octanol–water partition coefficient (Wildman–Crippen LogP) is 3.34. The minimum absolute atomic E-state index is 0.385. The molecule has 0 saturated carbocycles. The summed E-state index contributed by atoms with van der Waals surface area (Å²) in [5.74, 6) is 2.39. The number of aromatic nitrogens is 2. The third kappa shape index (κ3) is 2.80. The lowest BCUT2D eigenvalue weighted by atomic mass is 10.1. The molecule has 1 atom stereocenters. The molecule has 110 valence electrons. The van der Waals surface area contributed by atoms with Gasteiger partial charge in [-0.1, -0.05) is 13.8 Å². The molecule has 0 aliphatic rings. The molecule has 1 aromatic heterocycles. The first-order chi connectivity index (χ1) is 9.58. The summed E-state index contributed by atoms with van der Waals surface area (Å²) in [6, 6.07) is 6.51. The second-order valence-corrected chi connectivity index (χ2v) is 5.50. The van der Waals surface area contributed by atoms with E-state index < -0.39 is 0 Å². The van der Waals surface area contributed by atoms with E-state index in [-0.39, 0.29) is 0 Å². The molecule has 20 heavy (non-hydrogen) atoms. The fourth-order valence-electron chi connectivity index (χ4n) is 2.57. The zero-order chi connectivity index (χ0) is 14.7. The highest BCUT2D eigenvalue weighted by Crippen LogP contribution is 2.28. The monoisotopic (exact) mass is 275 g/mol. The van der Waals surface area contributed by atoms with Gasteiger partial charge >= 0.3 is 0 Å². The van der Waals surface area contributed by atoms with Crippen molar-refractivity contribution in [1.29, 1.82) is 0 Å².